The molecular weight excluding hydrogens is 328 g/mol. The van der Waals surface area contributed by atoms with Gasteiger partial charge in [0.1, 0.15) is 5.82 Å². The van der Waals surface area contributed by atoms with Crippen molar-refractivity contribution in [3.05, 3.63) is 29.0 Å². The first-order chi connectivity index (χ1) is 10.1. The van der Waals surface area contributed by atoms with Gasteiger partial charge in [0.15, 0.2) is 0 Å². The van der Waals surface area contributed by atoms with Crippen LogP contribution >= 0.6 is 24.0 Å². The van der Waals surface area contributed by atoms with E-state index in [9.17, 15) is 9.18 Å². The largest absolute Gasteiger partial charge is 0.325 e. The zero-order chi connectivity index (χ0) is 14.8. The number of piperidine rings is 1. The van der Waals surface area contributed by atoms with Gasteiger partial charge in [0, 0.05) is 12.2 Å². The molecule has 0 radical (unpaired) electrons. The third-order valence-corrected chi connectivity index (χ3v) is 4.65. The minimum Gasteiger partial charge on any atom is -0.325 e. The van der Waals surface area contributed by atoms with Crippen LogP contribution in [0, 0.1) is 17.7 Å². The van der Waals surface area contributed by atoms with E-state index in [0.29, 0.717) is 18.2 Å². The van der Waals surface area contributed by atoms with Gasteiger partial charge in [0.05, 0.1) is 11.6 Å². The van der Waals surface area contributed by atoms with Crippen LogP contribution < -0.4 is 10.6 Å². The predicted molar refractivity (Wildman–Crippen MR) is 88.2 cm³/mol. The normalized spacial score (nSPS) is 24.5. The van der Waals surface area contributed by atoms with Gasteiger partial charge in [-0.2, -0.15) is 0 Å². The van der Waals surface area contributed by atoms with Crippen LogP contribution in [0.25, 0.3) is 0 Å². The topological polar surface area (TPSA) is 44.4 Å². The molecule has 122 valence electrons. The van der Waals surface area contributed by atoms with Crippen LogP contribution in [0.4, 0.5) is 10.1 Å². The lowest BCUT2D eigenvalue weighted by Crippen LogP contribution is -2.43. The highest BCUT2D eigenvalue weighted by Crippen LogP contribution is 2.26. The SMILES string of the molecule is Cl.O=C(CN1CCC2CNCC2C1)Nc1ccc(F)c(Cl)c1. The average molecular weight is 348 g/mol. The molecule has 4 nitrogen and oxygen atoms in total. The maximum absolute atomic E-state index is 13.1. The van der Waals surface area contributed by atoms with Crippen LogP contribution in [0.15, 0.2) is 18.2 Å². The summed E-state index contributed by atoms with van der Waals surface area (Å²) < 4.78 is 13.1. The van der Waals surface area contributed by atoms with Crippen molar-refractivity contribution in [2.75, 3.05) is 38.0 Å². The van der Waals surface area contributed by atoms with Crippen LogP contribution in [-0.2, 0) is 4.79 Å². The molecule has 2 atom stereocenters. The number of rotatable bonds is 3. The highest BCUT2D eigenvalue weighted by atomic mass is 35.5. The lowest BCUT2D eigenvalue weighted by atomic mass is 9.89. The summed E-state index contributed by atoms with van der Waals surface area (Å²) >= 11 is 5.71. The third-order valence-electron chi connectivity index (χ3n) is 4.36. The smallest absolute Gasteiger partial charge is 0.238 e. The molecule has 0 bridgehead atoms. The molecule has 7 heteroatoms. The van der Waals surface area contributed by atoms with E-state index in [1.807, 2.05) is 0 Å². The Morgan fingerprint density at radius 3 is 2.95 bits per heavy atom. The zero-order valence-electron chi connectivity index (χ0n) is 12.1. The fourth-order valence-corrected chi connectivity index (χ4v) is 3.41. The molecule has 3 rings (SSSR count). The summed E-state index contributed by atoms with van der Waals surface area (Å²) in [5, 5.41) is 6.20. The van der Waals surface area contributed by atoms with Crippen molar-refractivity contribution in [1.29, 1.82) is 0 Å². The van der Waals surface area contributed by atoms with Crippen LogP contribution in [-0.4, -0.2) is 43.5 Å². The Hall–Kier alpha value is -0.880. The van der Waals surface area contributed by atoms with Gasteiger partial charge < -0.3 is 10.6 Å². The molecule has 1 aromatic carbocycles. The maximum Gasteiger partial charge on any atom is 0.238 e. The van der Waals surface area contributed by atoms with Gasteiger partial charge in [0.25, 0.3) is 0 Å². The molecule has 0 aliphatic carbocycles. The van der Waals surface area contributed by atoms with Gasteiger partial charge >= 0.3 is 0 Å². The van der Waals surface area contributed by atoms with Crippen molar-refractivity contribution in [3.8, 4) is 0 Å². The highest BCUT2D eigenvalue weighted by Gasteiger charge is 2.33. The van der Waals surface area contributed by atoms with Crippen LogP contribution in [0.2, 0.25) is 5.02 Å². The molecule has 2 aliphatic rings. The predicted octanol–water partition coefficient (Wildman–Crippen LogP) is 2.38. The van der Waals surface area contributed by atoms with Crippen molar-refractivity contribution >= 4 is 35.6 Å². The quantitative estimate of drug-likeness (QED) is 0.882. The first-order valence-corrected chi connectivity index (χ1v) is 7.67. The van der Waals surface area contributed by atoms with Crippen molar-refractivity contribution in [1.82, 2.24) is 10.2 Å². The Bertz CT molecular complexity index is 544. The summed E-state index contributed by atoms with van der Waals surface area (Å²) in [7, 11) is 0. The van der Waals surface area contributed by atoms with E-state index in [-0.39, 0.29) is 23.3 Å². The van der Waals surface area contributed by atoms with E-state index in [2.05, 4.69) is 15.5 Å². The van der Waals surface area contributed by atoms with Crippen LogP contribution in [0.1, 0.15) is 6.42 Å². The number of benzene rings is 1. The van der Waals surface area contributed by atoms with Gasteiger partial charge in [0.2, 0.25) is 5.91 Å². The third kappa shape index (κ3) is 4.10. The second-order valence-corrected chi connectivity index (χ2v) is 6.29. The van der Waals surface area contributed by atoms with Gasteiger partial charge in [-0.25, -0.2) is 4.39 Å². The standard InChI is InChI=1S/C15H19ClFN3O.ClH/c16-13-5-12(1-2-14(13)17)19-15(21)9-20-4-3-10-6-18-7-11(10)8-20;/h1-2,5,10-11,18H,3-4,6-9H2,(H,19,21);1H. The molecule has 2 heterocycles. The molecule has 2 saturated heterocycles. The number of amides is 1. The average Bonchev–Trinajstić information content (AvgIpc) is 2.90. The number of nitrogens with zero attached hydrogens (tertiary/aromatic N) is 1. The second kappa shape index (κ2) is 7.59. The van der Waals surface area contributed by atoms with Crippen molar-refractivity contribution < 1.29 is 9.18 Å². The van der Waals surface area contributed by atoms with E-state index in [1.54, 1.807) is 0 Å². The summed E-state index contributed by atoms with van der Waals surface area (Å²) in [6.07, 6.45) is 1.15. The minimum atomic E-state index is -0.481. The number of anilines is 1. The van der Waals surface area contributed by atoms with Gasteiger partial charge in [-0.05, 0) is 56.1 Å². The molecule has 0 aromatic heterocycles. The lowest BCUT2D eigenvalue weighted by molar-refractivity contribution is -0.117. The van der Waals surface area contributed by atoms with E-state index in [0.717, 1.165) is 38.5 Å². The highest BCUT2D eigenvalue weighted by molar-refractivity contribution is 6.31. The van der Waals surface area contributed by atoms with Gasteiger partial charge in [-0.3, -0.25) is 9.69 Å². The molecule has 2 unspecified atom stereocenters. The van der Waals surface area contributed by atoms with E-state index < -0.39 is 5.82 Å². The first kappa shape index (κ1) is 17.5. The summed E-state index contributed by atoms with van der Waals surface area (Å²) in [4.78, 5) is 14.3. The Morgan fingerprint density at radius 2 is 2.18 bits per heavy atom. The Labute approximate surface area is 140 Å². The van der Waals surface area contributed by atoms with E-state index in [4.69, 9.17) is 11.6 Å². The zero-order valence-corrected chi connectivity index (χ0v) is 13.7. The van der Waals surface area contributed by atoms with Gasteiger partial charge in [-0.15, -0.1) is 12.4 Å². The number of likely N-dealkylation sites (tertiary alicyclic amines) is 1. The molecular formula is C15H20Cl2FN3O. The fourth-order valence-electron chi connectivity index (χ4n) is 3.23. The van der Waals surface area contributed by atoms with Crippen molar-refractivity contribution in [2.45, 2.75) is 6.42 Å². The number of carbonyl (C=O) groups excluding carboxylic acids is 1. The molecule has 2 fully saturated rings. The van der Waals surface area contributed by atoms with E-state index in [1.165, 1.54) is 18.2 Å². The van der Waals surface area contributed by atoms with Crippen LogP contribution in [0.3, 0.4) is 0 Å². The summed E-state index contributed by atoms with van der Waals surface area (Å²) in [6.45, 7) is 4.46. The fraction of sp³-hybridized carbons (Fsp3) is 0.533. The molecule has 2 aliphatic heterocycles. The molecule has 1 aromatic rings. The summed E-state index contributed by atoms with van der Waals surface area (Å²) in [5.74, 6) is 0.861. The summed E-state index contributed by atoms with van der Waals surface area (Å²) in [6, 6.07) is 4.21. The second-order valence-electron chi connectivity index (χ2n) is 5.88. The number of carbonyl (C=O) groups is 1. The van der Waals surface area contributed by atoms with E-state index >= 15 is 0 Å². The molecule has 0 spiro atoms. The lowest BCUT2D eigenvalue weighted by Gasteiger charge is -2.33. The van der Waals surface area contributed by atoms with Crippen LogP contribution in [0.5, 0.6) is 0 Å². The summed E-state index contributed by atoms with van der Waals surface area (Å²) in [5.41, 5.74) is 0.531. The van der Waals surface area contributed by atoms with Crippen molar-refractivity contribution in [3.63, 3.8) is 0 Å². The van der Waals surface area contributed by atoms with Crippen molar-refractivity contribution in [2.24, 2.45) is 11.8 Å². The molecule has 1 amide bonds. The Balaban J connectivity index is 0.00000176. The molecule has 22 heavy (non-hydrogen) atoms. The monoisotopic (exact) mass is 347 g/mol. The molecule has 2 N–H and O–H groups in total. The number of halogens is 3. The number of nitrogens with one attached hydrogen (secondary N) is 2. The molecule has 0 saturated carbocycles. The number of hydrogen-bond donors (Lipinski definition) is 2. The number of fused-ring (bicyclic) bond motifs is 1. The maximum atomic E-state index is 13.1. The van der Waals surface area contributed by atoms with Gasteiger partial charge in [-0.1, -0.05) is 11.6 Å². The number of hydrogen-bond acceptors (Lipinski definition) is 3. The Kier molecular flexibility index (Phi) is 6.03. The first-order valence-electron chi connectivity index (χ1n) is 7.30. The minimum absolute atomic E-state index is 0. The Morgan fingerprint density at radius 1 is 1.41 bits per heavy atom.